The van der Waals surface area contributed by atoms with Gasteiger partial charge in [-0.2, -0.15) is 0 Å². The summed E-state index contributed by atoms with van der Waals surface area (Å²) in [5.41, 5.74) is 6.51. The van der Waals surface area contributed by atoms with Crippen LogP contribution in [0.25, 0.3) is 5.57 Å². The third-order valence-electron chi connectivity index (χ3n) is 14.5. The fraction of sp³-hybridized carbons (Fsp3) is 0.703. The summed E-state index contributed by atoms with van der Waals surface area (Å²) in [6, 6.07) is 8.02. The van der Waals surface area contributed by atoms with Gasteiger partial charge in [0.25, 0.3) is 5.24 Å². The molecule has 9 atom stereocenters. The molecule has 0 amide bonds. The summed E-state index contributed by atoms with van der Waals surface area (Å²) in [5.74, 6) is 3.83. The summed E-state index contributed by atoms with van der Waals surface area (Å²) in [6.07, 6.45) is 14.8. The Bertz CT molecular complexity index is 1220. The van der Waals surface area contributed by atoms with E-state index in [1.807, 2.05) is 12.1 Å². The van der Waals surface area contributed by atoms with E-state index in [0.717, 1.165) is 23.7 Å². The monoisotopic (exact) mass is 546 g/mol. The molecule has 0 aliphatic heterocycles. The molecule has 0 N–H and O–H groups in total. The normalized spacial score (nSPS) is 46.3. The Balaban J connectivity index is 1.36. The molecule has 212 valence electrons. The van der Waals surface area contributed by atoms with Crippen molar-refractivity contribution in [1.82, 2.24) is 0 Å². The highest BCUT2D eigenvalue weighted by molar-refractivity contribution is 6.67. The lowest BCUT2D eigenvalue weighted by Gasteiger charge is -2.72. The van der Waals surface area contributed by atoms with Crippen LogP contribution in [0.5, 0.6) is 0 Å². The van der Waals surface area contributed by atoms with Gasteiger partial charge >= 0.3 is 0 Å². The van der Waals surface area contributed by atoms with Crippen LogP contribution in [0.3, 0.4) is 0 Å². The molecule has 0 heterocycles. The molecule has 4 saturated carbocycles. The highest BCUT2D eigenvalue weighted by Crippen LogP contribution is 2.77. The van der Waals surface area contributed by atoms with Crippen molar-refractivity contribution < 1.29 is 4.79 Å². The molecule has 0 unspecified atom stereocenters. The maximum absolute atomic E-state index is 11.7. The van der Waals surface area contributed by atoms with Crippen LogP contribution in [0.15, 0.2) is 42.5 Å². The number of carbonyl (C=O) groups excluding carboxylic acids is 1. The van der Waals surface area contributed by atoms with E-state index in [9.17, 15) is 4.79 Å². The Labute approximate surface area is 243 Å². The Kier molecular flexibility index (Phi) is 6.30. The quantitative estimate of drug-likeness (QED) is 0.272. The molecule has 1 nitrogen and oxygen atoms in total. The number of carbonyl (C=O) groups is 1. The average molecular weight is 547 g/mol. The molecule has 0 bridgehead atoms. The van der Waals surface area contributed by atoms with E-state index in [4.69, 9.17) is 11.6 Å². The summed E-state index contributed by atoms with van der Waals surface area (Å²) in [5, 5.41) is -0.378. The molecule has 0 spiro atoms. The van der Waals surface area contributed by atoms with E-state index in [0.29, 0.717) is 33.1 Å². The Morgan fingerprint density at radius 1 is 0.846 bits per heavy atom. The molecule has 5 aliphatic rings. The molecular weight excluding hydrogens is 496 g/mol. The lowest BCUT2D eigenvalue weighted by Crippen LogP contribution is -2.65. The molecule has 2 heteroatoms. The van der Waals surface area contributed by atoms with Gasteiger partial charge in [-0.15, -0.1) is 0 Å². The number of rotatable bonds is 3. The van der Waals surface area contributed by atoms with Crippen molar-refractivity contribution in [3.8, 4) is 0 Å². The molecule has 0 saturated heterocycles. The number of hydrogen-bond acceptors (Lipinski definition) is 1. The second-order valence-electron chi connectivity index (χ2n) is 16.2. The van der Waals surface area contributed by atoms with Crippen molar-refractivity contribution in [1.29, 1.82) is 0 Å². The van der Waals surface area contributed by atoms with Crippen molar-refractivity contribution in [3.05, 3.63) is 53.6 Å². The van der Waals surface area contributed by atoms with E-state index in [1.54, 1.807) is 0 Å². The maximum Gasteiger partial charge on any atom is 0.252 e. The number of hydrogen-bond donors (Lipinski definition) is 0. The Morgan fingerprint density at radius 3 is 2.18 bits per heavy atom. The summed E-state index contributed by atoms with van der Waals surface area (Å²) in [4.78, 5) is 11.7. The van der Waals surface area contributed by atoms with Crippen LogP contribution in [0.2, 0.25) is 0 Å². The van der Waals surface area contributed by atoms with Crippen LogP contribution in [-0.2, 0) is 0 Å². The summed E-state index contributed by atoms with van der Waals surface area (Å²) >= 11 is 5.75. The van der Waals surface area contributed by atoms with Crippen LogP contribution < -0.4 is 0 Å². The summed E-state index contributed by atoms with van der Waals surface area (Å²) in [7, 11) is 0. The van der Waals surface area contributed by atoms with Gasteiger partial charge in [0.05, 0.1) is 0 Å². The van der Waals surface area contributed by atoms with Crippen molar-refractivity contribution in [2.24, 2.45) is 56.7 Å². The summed E-state index contributed by atoms with van der Waals surface area (Å²) in [6.45, 7) is 22.6. The van der Waals surface area contributed by atoms with Crippen molar-refractivity contribution in [2.45, 2.75) is 106 Å². The fourth-order valence-electron chi connectivity index (χ4n) is 12.4. The third kappa shape index (κ3) is 3.66. The lowest BCUT2D eigenvalue weighted by atomic mass is 9.32. The molecule has 6 rings (SSSR count). The highest BCUT2D eigenvalue weighted by atomic mass is 35.5. The zero-order chi connectivity index (χ0) is 28.2. The van der Waals surface area contributed by atoms with Gasteiger partial charge in [-0.05, 0) is 156 Å². The first-order valence-corrected chi connectivity index (χ1v) is 16.2. The third-order valence-corrected chi connectivity index (χ3v) is 14.7. The first-order chi connectivity index (χ1) is 18.2. The molecule has 5 aliphatic carbocycles. The Hall–Kier alpha value is -1.34. The first kappa shape index (κ1) is 27.8. The first-order valence-electron chi connectivity index (χ1n) is 15.9. The van der Waals surface area contributed by atoms with Crippen LogP contribution in [-0.4, -0.2) is 5.24 Å². The van der Waals surface area contributed by atoms with Gasteiger partial charge < -0.3 is 0 Å². The van der Waals surface area contributed by atoms with E-state index in [2.05, 4.69) is 73.3 Å². The fourth-order valence-corrected chi connectivity index (χ4v) is 12.5. The molecule has 1 aromatic carbocycles. The predicted molar refractivity (Wildman–Crippen MR) is 165 cm³/mol. The van der Waals surface area contributed by atoms with Gasteiger partial charge in [0.15, 0.2) is 0 Å². The highest BCUT2D eigenvalue weighted by Gasteiger charge is 2.69. The number of benzene rings is 1. The molecular formula is C37H51ClO. The topological polar surface area (TPSA) is 17.1 Å². The number of halogens is 1. The van der Waals surface area contributed by atoms with E-state index in [1.165, 1.54) is 74.5 Å². The van der Waals surface area contributed by atoms with Crippen LogP contribution >= 0.6 is 11.6 Å². The van der Waals surface area contributed by atoms with Crippen molar-refractivity contribution >= 4 is 22.4 Å². The average Bonchev–Trinajstić information content (AvgIpc) is 3.22. The van der Waals surface area contributed by atoms with Gasteiger partial charge in [-0.1, -0.05) is 71.9 Å². The van der Waals surface area contributed by atoms with Crippen molar-refractivity contribution in [3.63, 3.8) is 0 Å². The zero-order valence-corrected chi connectivity index (χ0v) is 26.4. The van der Waals surface area contributed by atoms with Gasteiger partial charge in [0.1, 0.15) is 0 Å². The SMILES string of the molecule is C=C(C)[C@@H]1CC[C@]2(C)CC[C@]3(C)[C@H](CC[C@@H]4[C@@]5(C)CC=C(c6ccc(C(=O)Cl)cc6)C(C)(C)[C@@H]5CC[C@]43C)[C@@H]12. The molecule has 1 aromatic rings. The minimum Gasteiger partial charge on any atom is -0.276 e. The minimum atomic E-state index is -0.378. The van der Waals surface area contributed by atoms with Gasteiger partial charge in [-0.25, -0.2) is 0 Å². The van der Waals surface area contributed by atoms with E-state index in [-0.39, 0.29) is 10.7 Å². The number of allylic oxidation sites excluding steroid dienone is 3. The Morgan fingerprint density at radius 2 is 1.54 bits per heavy atom. The van der Waals surface area contributed by atoms with E-state index >= 15 is 0 Å². The smallest absolute Gasteiger partial charge is 0.252 e. The van der Waals surface area contributed by atoms with Crippen molar-refractivity contribution in [2.75, 3.05) is 0 Å². The lowest BCUT2D eigenvalue weighted by molar-refractivity contribution is -0.223. The standard InChI is InChI=1S/C37H51ClO/c1-23(2)26-15-18-34(5)21-22-36(7)28(31(26)34)13-14-30-35(6)19-16-27(24-9-11-25(12-10-24)32(38)39)33(3,4)29(35)17-20-37(30,36)8/h9-12,16,26,28-31H,1,13-15,17-22H2,2-8H3/t26-,28+,29-,30+,31+,34+,35-,36+,37+/m0/s1. The molecule has 0 aromatic heterocycles. The van der Waals surface area contributed by atoms with Crippen LogP contribution in [0.4, 0.5) is 0 Å². The van der Waals surface area contributed by atoms with Crippen LogP contribution in [0.1, 0.15) is 122 Å². The minimum absolute atomic E-state index is 0.0974. The molecule has 39 heavy (non-hydrogen) atoms. The van der Waals surface area contributed by atoms with Crippen LogP contribution in [0, 0.1) is 56.7 Å². The predicted octanol–water partition coefficient (Wildman–Crippen LogP) is 10.7. The van der Waals surface area contributed by atoms with Gasteiger partial charge in [-0.3, -0.25) is 4.79 Å². The zero-order valence-electron chi connectivity index (χ0n) is 25.6. The van der Waals surface area contributed by atoms with E-state index < -0.39 is 0 Å². The largest absolute Gasteiger partial charge is 0.276 e. The second-order valence-corrected chi connectivity index (χ2v) is 16.6. The molecule has 0 radical (unpaired) electrons. The van der Waals surface area contributed by atoms with Gasteiger partial charge in [0.2, 0.25) is 0 Å². The summed E-state index contributed by atoms with van der Waals surface area (Å²) < 4.78 is 0. The second kappa shape index (κ2) is 8.83. The maximum atomic E-state index is 11.7. The number of fused-ring (bicyclic) bond motifs is 7. The van der Waals surface area contributed by atoms with Gasteiger partial charge in [0, 0.05) is 5.56 Å². The molecule has 4 fully saturated rings.